The minimum atomic E-state index is -0.341. The Kier molecular flexibility index (Phi) is 4.77. The van der Waals surface area contributed by atoms with Gasteiger partial charge in [-0.2, -0.15) is 5.10 Å². The Morgan fingerprint density at radius 3 is 2.45 bits per heavy atom. The van der Waals surface area contributed by atoms with Crippen LogP contribution >= 0.6 is 23.2 Å². The van der Waals surface area contributed by atoms with Crippen LogP contribution in [0.5, 0.6) is 0 Å². The van der Waals surface area contributed by atoms with Crippen molar-refractivity contribution in [2.24, 2.45) is 5.10 Å². The standard InChI is InChI=1S/C15H12Cl2N2O/c1-10-2-4-11(5-3-10)9-18-19-15(20)12-6-7-13(16)14(17)8-12/h2-9H,1H3,(H,19,20). The monoisotopic (exact) mass is 306 g/mol. The number of halogens is 2. The van der Waals surface area contributed by atoms with Crippen LogP contribution in [-0.2, 0) is 0 Å². The lowest BCUT2D eigenvalue weighted by atomic mass is 10.2. The molecule has 2 aromatic rings. The number of rotatable bonds is 3. The molecule has 5 heteroatoms. The van der Waals surface area contributed by atoms with E-state index >= 15 is 0 Å². The van der Waals surface area contributed by atoms with E-state index in [1.165, 1.54) is 11.6 Å². The largest absolute Gasteiger partial charge is 0.271 e. The lowest BCUT2D eigenvalue weighted by molar-refractivity contribution is 0.0955. The maximum atomic E-state index is 11.8. The van der Waals surface area contributed by atoms with E-state index < -0.39 is 0 Å². The second-order valence-corrected chi connectivity index (χ2v) is 5.05. The van der Waals surface area contributed by atoms with Gasteiger partial charge in [0, 0.05) is 5.56 Å². The third-order valence-electron chi connectivity index (χ3n) is 2.64. The molecule has 0 aromatic heterocycles. The van der Waals surface area contributed by atoms with Gasteiger partial charge in [-0.05, 0) is 30.7 Å². The molecule has 0 unspecified atom stereocenters. The van der Waals surface area contributed by atoms with Gasteiger partial charge < -0.3 is 0 Å². The lowest BCUT2D eigenvalue weighted by Crippen LogP contribution is -2.17. The molecule has 0 spiro atoms. The molecule has 0 saturated heterocycles. The highest BCUT2D eigenvalue weighted by Gasteiger charge is 2.06. The molecular weight excluding hydrogens is 295 g/mol. The van der Waals surface area contributed by atoms with Gasteiger partial charge in [0.2, 0.25) is 0 Å². The van der Waals surface area contributed by atoms with Crippen LogP contribution in [0.2, 0.25) is 10.0 Å². The summed E-state index contributed by atoms with van der Waals surface area (Å²) in [6, 6.07) is 12.5. The molecule has 0 atom stereocenters. The minimum absolute atomic E-state index is 0.335. The second-order valence-electron chi connectivity index (χ2n) is 4.24. The van der Waals surface area contributed by atoms with Crippen molar-refractivity contribution >= 4 is 35.3 Å². The molecule has 2 rings (SSSR count). The predicted molar refractivity (Wildman–Crippen MR) is 82.7 cm³/mol. The summed E-state index contributed by atoms with van der Waals surface area (Å²) in [6.45, 7) is 2.01. The van der Waals surface area contributed by atoms with Crippen molar-refractivity contribution in [3.05, 3.63) is 69.2 Å². The summed E-state index contributed by atoms with van der Waals surface area (Å²) in [4.78, 5) is 11.8. The van der Waals surface area contributed by atoms with E-state index in [0.29, 0.717) is 15.6 Å². The van der Waals surface area contributed by atoms with Crippen LogP contribution in [0, 0.1) is 6.92 Å². The molecule has 0 heterocycles. The summed E-state index contributed by atoms with van der Waals surface area (Å²) in [5, 5.41) is 4.64. The first-order valence-electron chi connectivity index (χ1n) is 5.91. The van der Waals surface area contributed by atoms with Crippen molar-refractivity contribution in [3.63, 3.8) is 0 Å². The van der Waals surface area contributed by atoms with Crippen molar-refractivity contribution in [2.75, 3.05) is 0 Å². The number of hydrogen-bond donors (Lipinski definition) is 1. The van der Waals surface area contributed by atoms with Crippen LogP contribution in [0.3, 0.4) is 0 Å². The van der Waals surface area contributed by atoms with E-state index in [1.807, 2.05) is 31.2 Å². The summed E-state index contributed by atoms with van der Waals surface area (Å²) in [5.74, 6) is -0.341. The second kappa shape index (κ2) is 6.55. The topological polar surface area (TPSA) is 41.5 Å². The van der Waals surface area contributed by atoms with Gasteiger partial charge in [0.1, 0.15) is 0 Å². The smallest absolute Gasteiger partial charge is 0.267 e. The Hall–Kier alpha value is -1.84. The third-order valence-corrected chi connectivity index (χ3v) is 3.38. The number of carbonyl (C=O) groups is 1. The van der Waals surface area contributed by atoms with Gasteiger partial charge in [-0.3, -0.25) is 4.79 Å². The van der Waals surface area contributed by atoms with Gasteiger partial charge in [0.15, 0.2) is 0 Å². The average Bonchev–Trinajstić information content (AvgIpc) is 2.44. The molecule has 0 radical (unpaired) electrons. The molecule has 0 fully saturated rings. The molecule has 3 nitrogen and oxygen atoms in total. The van der Waals surface area contributed by atoms with E-state index in [-0.39, 0.29) is 5.91 Å². The number of carbonyl (C=O) groups excluding carboxylic acids is 1. The van der Waals surface area contributed by atoms with Gasteiger partial charge in [0.25, 0.3) is 5.91 Å². The zero-order valence-electron chi connectivity index (χ0n) is 10.7. The zero-order valence-corrected chi connectivity index (χ0v) is 12.2. The van der Waals surface area contributed by atoms with Crippen LogP contribution in [0.4, 0.5) is 0 Å². The first-order valence-corrected chi connectivity index (χ1v) is 6.67. The predicted octanol–water partition coefficient (Wildman–Crippen LogP) is 4.07. The van der Waals surface area contributed by atoms with E-state index in [4.69, 9.17) is 23.2 Å². The maximum Gasteiger partial charge on any atom is 0.271 e. The summed E-state index contributed by atoms with van der Waals surface area (Å²) < 4.78 is 0. The fourth-order valence-electron chi connectivity index (χ4n) is 1.52. The lowest BCUT2D eigenvalue weighted by Gasteiger charge is -2.01. The molecule has 1 amide bonds. The molecule has 0 saturated carbocycles. The quantitative estimate of drug-likeness (QED) is 0.674. The Bertz CT molecular complexity index is 651. The van der Waals surface area contributed by atoms with Gasteiger partial charge in [-0.1, -0.05) is 53.0 Å². The maximum absolute atomic E-state index is 11.8. The Labute approximate surface area is 127 Å². The van der Waals surface area contributed by atoms with Crippen LogP contribution < -0.4 is 5.43 Å². The van der Waals surface area contributed by atoms with Crippen molar-refractivity contribution in [1.82, 2.24) is 5.43 Å². The molecule has 0 bridgehead atoms. The van der Waals surface area contributed by atoms with Crippen LogP contribution in [0.25, 0.3) is 0 Å². The van der Waals surface area contributed by atoms with Gasteiger partial charge in [-0.15, -0.1) is 0 Å². The third kappa shape index (κ3) is 3.83. The number of hydrazone groups is 1. The van der Waals surface area contributed by atoms with E-state index in [1.54, 1.807) is 18.3 Å². The van der Waals surface area contributed by atoms with E-state index in [0.717, 1.165) is 5.56 Å². The van der Waals surface area contributed by atoms with E-state index in [2.05, 4.69) is 10.5 Å². The number of benzene rings is 2. The Balaban J connectivity index is 2.01. The van der Waals surface area contributed by atoms with Crippen LogP contribution in [0.15, 0.2) is 47.6 Å². The minimum Gasteiger partial charge on any atom is -0.267 e. The Morgan fingerprint density at radius 2 is 1.80 bits per heavy atom. The summed E-state index contributed by atoms with van der Waals surface area (Å²) in [5.41, 5.74) is 4.92. The molecule has 0 aliphatic rings. The van der Waals surface area contributed by atoms with Crippen molar-refractivity contribution in [2.45, 2.75) is 6.92 Å². The normalized spacial score (nSPS) is 10.8. The number of hydrogen-bond acceptors (Lipinski definition) is 2. The molecular formula is C15H12Cl2N2O. The van der Waals surface area contributed by atoms with Gasteiger partial charge in [-0.25, -0.2) is 5.43 Å². The number of amides is 1. The van der Waals surface area contributed by atoms with E-state index in [9.17, 15) is 4.79 Å². The first-order chi connectivity index (χ1) is 9.56. The zero-order chi connectivity index (χ0) is 14.5. The van der Waals surface area contributed by atoms with Crippen LogP contribution in [0.1, 0.15) is 21.5 Å². The fourth-order valence-corrected chi connectivity index (χ4v) is 1.82. The van der Waals surface area contributed by atoms with Crippen molar-refractivity contribution in [1.29, 1.82) is 0 Å². The van der Waals surface area contributed by atoms with Crippen LogP contribution in [-0.4, -0.2) is 12.1 Å². The highest BCUT2D eigenvalue weighted by Crippen LogP contribution is 2.22. The van der Waals surface area contributed by atoms with Gasteiger partial charge in [0.05, 0.1) is 16.3 Å². The molecule has 0 aliphatic carbocycles. The van der Waals surface area contributed by atoms with Crippen molar-refractivity contribution in [3.8, 4) is 0 Å². The Morgan fingerprint density at radius 1 is 1.10 bits per heavy atom. The summed E-state index contributed by atoms with van der Waals surface area (Å²) in [7, 11) is 0. The highest BCUT2D eigenvalue weighted by molar-refractivity contribution is 6.42. The molecule has 102 valence electrons. The van der Waals surface area contributed by atoms with Gasteiger partial charge >= 0.3 is 0 Å². The molecule has 1 N–H and O–H groups in total. The molecule has 2 aromatic carbocycles. The number of nitrogens with zero attached hydrogens (tertiary/aromatic N) is 1. The number of nitrogens with one attached hydrogen (secondary N) is 1. The summed E-state index contributed by atoms with van der Waals surface area (Å²) >= 11 is 11.6. The molecule has 0 aliphatic heterocycles. The first kappa shape index (κ1) is 14.6. The fraction of sp³-hybridized carbons (Fsp3) is 0.0667. The molecule has 20 heavy (non-hydrogen) atoms. The number of aryl methyl sites for hydroxylation is 1. The highest BCUT2D eigenvalue weighted by atomic mass is 35.5. The average molecular weight is 307 g/mol. The van der Waals surface area contributed by atoms with Crippen molar-refractivity contribution < 1.29 is 4.79 Å². The SMILES string of the molecule is Cc1ccc(C=NNC(=O)c2ccc(Cl)c(Cl)c2)cc1. The summed E-state index contributed by atoms with van der Waals surface area (Å²) in [6.07, 6.45) is 1.58.